The predicted octanol–water partition coefficient (Wildman–Crippen LogP) is 9.73. The van der Waals surface area contributed by atoms with E-state index < -0.39 is 29.3 Å². The summed E-state index contributed by atoms with van der Waals surface area (Å²) in [6, 6.07) is 54.0. The number of rotatable bonds is 16. The van der Waals surface area contributed by atoms with Gasteiger partial charge in [-0.2, -0.15) is 0 Å². The Labute approximate surface area is 353 Å². The van der Waals surface area contributed by atoms with Crippen LogP contribution in [0.3, 0.4) is 0 Å². The van der Waals surface area contributed by atoms with Crippen molar-refractivity contribution < 1.29 is 38.1 Å². The van der Waals surface area contributed by atoms with E-state index >= 15 is 0 Å². The molecule has 0 fully saturated rings. The van der Waals surface area contributed by atoms with E-state index in [1.807, 2.05) is 170 Å². The molecular formula is C53H44O8. The molecule has 0 aromatic heterocycles. The molecule has 0 N–H and O–H groups in total. The first-order valence-electron chi connectivity index (χ1n) is 20.3. The summed E-state index contributed by atoms with van der Waals surface area (Å²) >= 11 is 0. The largest absolute Gasteiger partial charge is 0.464 e. The molecule has 0 spiro atoms. The van der Waals surface area contributed by atoms with Gasteiger partial charge < -0.3 is 18.9 Å². The van der Waals surface area contributed by atoms with Gasteiger partial charge in [0.15, 0.2) is 0 Å². The molecule has 8 nitrogen and oxygen atoms in total. The molecule has 8 aromatic carbocycles. The van der Waals surface area contributed by atoms with Crippen molar-refractivity contribution in [1.82, 2.24) is 0 Å². The lowest BCUT2D eigenvalue weighted by Gasteiger charge is -2.31. The van der Waals surface area contributed by atoms with Crippen LogP contribution in [0.2, 0.25) is 0 Å². The standard InChI is InChI=1S/C53H44O8/c54-49(29-41-21-9-17-37-13-1-5-25-45(37)41)58-33-53(34-59-50(55)30-42-22-10-18-38-14-2-6-26-46(38)42,35-60-51(56)31-43-23-11-19-39-15-3-7-27-47(39)43)36-61-52(57)32-44-24-12-20-40-16-4-8-28-48(40)44/h1-28H,29-36H2. The lowest BCUT2D eigenvalue weighted by molar-refractivity contribution is -0.169. The van der Waals surface area contributed by atoms with Gasteiger partial charge in [-0.3, -0.25) is 19.2 Å². The molecule has 0 aliphatic rings. The first-order chi connectivity index (χ1) is 29.8. The topological polar surface area (TPSA) is 105 Å². The fourth-order valence-electron chi connectivity index (χ4n) is 7.80. The summed E-state index contributed by atoms with van der Waals surface area (Å²) in [5.74, 6) is -2.20. The molecule has 0 bridgehead atoms. The van der Waals surface area contributed by atoms with E-state index in [4.69, 9.17) is 18.9 Å². The van der Waals surface area contributed by atoms with E-state index in [0.717, 1.165) is 65.3 Å². The molecule has 304 valence electrons. The Morgan fingerprint density at radius 2 is 0.508 bits per heavy atom. The lowest BCUT2D eigenvalue weighted by Crippen LogP contribution is -2.44. The Bertz CT molecular complexity index is 2460. The summed E-state index contributed by atoms with van der Waals surface area (Å²) < 4.78 is 23.9. The van der Waals surface area contributed by atoms with Gasteiger partial charge in [0.05, 0.1) is 25.7 Å². The molecule has 8 heteroatoms. The van der Waals surface area contributed by atoms with Gasteiger partial charge in [-0.1, -0.05) is 170 Å². The molecule has 0 saturated carbocycles. The summed E-state index contributed by atoms with van der Waals surface area (Å²) in [6.45, 7) is -1.50. The maximum Gasteiger partial charge on any atom is 0.310 e. The molecule has 0 atom stereocenters. The first kappa shape index (κ1) is 40.5. The van der Waals surface area contributed by atoms with Gasteiger partial charge in [0.25, 0.3) is 0 Å². The number of benzene rings is 8. The monoisotopic (exact) mass is 808 g/mol. The average molecular weight is 809 g/mol. The number of ether oxygens (including phenoxy) is 4. The average Bonchev–Trinajstić information content (AvgIpc) is 3.29. The number of hydrogen-bond donors (Lipinski definition) is 0. The summed E-state index contributed by atoms with van der Waals surface area (Å²) in [6.07, 6.45) is -0.167. The van der Waals surface area contributed by atoms with Gasteiger partial charge in [0.2, 0.25) is 0 Å². The van der Waals surface area contributed by atoms with Crippen LogP contribution >= 0.6 is 0 Å². The van der Waals surface area contributed by atoms with E-state index in [9.17, 15) is 19.2 Å². The number of hydrogen-bond acceptors (Lipinski definition) is 8. The zero-order chi connectivity index (χ0) is 42.0. The molecule has 0 unspecified atom stereocenters. The molecule has 0 aliphatic heterocycles. The van der Waals surface area contributed by atoms with Gasteiger partial charge >= 0.3 is 23.9 Å². The van der Waals surface area contributed by atoms with Gasteiger partial charge in [-0.25, -0.2) is 0 Å². The Hall–Kier alpha value is -7.32. The van der Waals surface area contributed by atoms with Crippen LogP contribution in [0.25, 0.3) is 43.1 Å². The van der Waals surface area contributed by atoms with Crippen molar-refractivity contribution in [3.05, 3.63) is 192 Å². The molecule has 61 heavy (non-hydrogen) atoms. The van der Waals surface area contributed by atoms with Crippen molar-refractivity contribution in [3.63, 3.8) is 0 Å². The second-order valence-electron chi connectivity index (χ2n) is 15.4. The van der Waals surface area contributed by atoms with Crippen LogP contribution in [-0.2, 0) is 63.8 Å². The third-order valence-corrected chi connectivity index (χ3v) is 11.0. The first-order valence-corrected chi connectivity index (χ1v) is 20.3. The maximum absolute atomic E-state index is 13.7. The lowest BCUT2D eigenvalue weighted by atomic mass is 9.91. The van der Waals surface area contributed by atoms with Crippen molar-refractivity contribution in [2.45, 2.75) is 25.7 Å². The molecule has 0 radical (unpaired) electrons. The van der Waals surface area contributed by atoms with Gasteiger partial charge in [-0.15, -0.1) is 0 Å². The summed E-state index contributed by atoms with van der Waals surface area (Å²) in [7, 11) is 0. The van der Waals surface area contributed by atoms with E-state index in [1.165, 1.54) is 0 Å². The van der Waals surface area contributed by atoms with Gasteiger partial charge in [0.1, 0.15) is 31.8 Å². The Morgan fingerprint density at radius 3 is 0.754 bits per heavy atom. The maximum atomic E-state index is 13.7. The quantitative estimate of drug-likeness (QED) is 0.0702. The molecule has 0 saturated heterocycles. The zero-order valence-electron chi connectivity index (χ0n) is 33.6. The predicted molar refractivity (Wildman–Crippen MR) is 237 cm³/mol. The zero-order valence-corrected chi connectivity index (χ0v) is 33.6. The smallest absolute Gasteiger partial charge is 0.310 e. The number of carbonyl (C=O) groups excluding carboxylic acids is 4. The summed E-state index contributed by atoms with van der Waals surface area (Å²) in [5.41, 5.74) is 1.64. The second-order valence-corrected chi connectivity index (χ2v) is 15.4. The Kier molecular flexibility index (Phi) is 12.4. The molecular weight excluding hydrogens is 765 g/mol. The van der Waals surface area contributed by atoms with Gasteiger partial charge in [0, 0.05) is 0 Å². The van der Waals surface area contributed by atoms with E-state index in [-0.39, 0.29) is 52.1 Å². The van der Waals surface area contributed by atoms with Crippen LogP contribution in [0, 0.1) is 5.41 Å². The van der Waals surface area contributed by atoms with Crippen LogP contribution in [0.1, 0.15) is 22.3 Å². The summed E-state index contributed by atoms with van der Waals surface area (Å²) in [5, 5.41) is 7.60. The Balaban J connectivity index is 1.06. The van der Waals surface area contributed by atoms with Crippen LogP contribution in [0.5, 0.6) is 0 Å². The highest BCUT2D eigenvalue weighted by molar-refractivity contribution is 5.92. The van der Waals surface area contributed by atoms with Crippen LogP contribution < -0.4 is 0 Å². The van der Waals surface area contributed by atoms with Crippen molar-refractivity contribution in [1.29, 1.82) is 0 Å². The fraction of sp³-hybridized carbons (Fsp3) is 0.170. The molecule has 0 aliphatic carbocycles. The fourth-order valence-corrected chi connectivity index (χ4v) is 7.80. The third kappa shape index (κ3) is 9.94. The van der Waals surface area contributed by atoms with E-state index in [0.29, 0.717) is 0 Å². The van der Waals surface area contributed by atoms with Crippen molar-refractivity contribution in [2.75, 3.05) is 26.4 Å². The van der Waals surface area contributed by atoms with Crippen LogP contribution in [0.15, 0.2) is 170 Å². The number of fused-ring (bicyclic) bond motifs is 4. The highest BCUT2D eigenvalue weighted by atomic mass is 16.6. The summed E-state index contributed by atoms with van der Waals surface area (Å²) in [4.78, 5) is 54.7. The minimum atomic E-state index is -1.47. The minimum Gasteiger partial charge on any atom is -0.464 e. The molecule has 0 heterocycles. The van der Waals surface area contributed by atoms with E-state index in [1.54, 1.807) is 0 Å². The van der Waals surface area contributed by atoms with E-state index in [2.05, 4.69) is 0 Å². The minimum absolute atomic E-state index is 0.0416. The molecule has 8 aromatic rings. The highest BCUT2D eigenvalue weighted by Crippen LogP contribution is 2.27. The second kappa shape index (κ2) is 18.7. The SMILES string of the molecule is O=C(Cc1cccc2ccccc12)OCC(COC(=O)Cc1cccc2ccccc12)(COC(=O)Cc1cccc2ccccc12)COC(=O)Cc1cccc2ccccc12. The Morgan fingerprint density at radius 1 is 0.295 bits per heavy atom. The highest BCUT2D eigenvalue weighted by Gasteiger charge is 2.38. The van der Waals surface area contributed by atoms with Crippen molar-refractivity contribution in [3.8, 4) is 0 Å². The molecule has 8 rings (SSSR count). The van der Waals surface area contributed by atoms with Crippen LogP contribution in [0.4, 0.5) is 0 Å². The van der Waals surface area contributed by atoms with Crippen molar-refractivity contribution in [2.24, 2.45) is 5.41 Å². The third-order valence-electron chi connectivity index (χ3n) is 11.0. The van der Waals surface area contributed by atoms with Gasteiger partial charge in [-0.05, 0) is 65.3 Å². The van der Waals surface area contributed by atoms with Crippen LogP contribution in [-0.4, -0.2) is 50.3 Å². The van der Waals surface area contributed by atoms with Crippen molar-refractivity contribution >= 4 is 67.0 Å². The number of carbonyl (C=O) groups is 4. The normalized spacial score (nSPS) is 11.4. The molecule has 0 amide bonds. The number of esters is 4.